The summed E-state index contributed by atoms with van der Waals surface area (Å²) in [6.45, 7) is 0.848. The first-order chi connectivity index (χ1) is 8.27. The van der Waals surface area contributed by atoms with Crippen LogP contribution in [0.25, 0.3) is 11.0 Å². The van der Waals surface area contributed by atoms with Crippen LogP contribution in [-0.4, -0.2) is 56.3 Å². The summed E-state index contributed by atoms with van der Waals surface area (Å²) >= 11 is 0. The van der Waals surface area contributed by atoms with Gasteiger partial charge in [0.1, 0.15) is 12.1 Å². The summed E-state index contributed by atoms with van der Waals surface area (Å²) in [6, 6.07) is 0. The van der Waals surface area contributed by atoms with Crippen LogP contribution in [0.1, 0.15) is 0 Å². The predicted octanol–water partition coefficient (Wildman–Crippen LogP) is -0.846. The Morgan fingerprint density at radius 3 is 2.59 bits per heavy atom. The predicted molar refractivity (Wildman–Crippen MR) is 62.7 cm³/mol. The van der Waals surface area contributed by atoms with Gasteiger partial charge in [0, 0.05) is 20.1 Å². The topological polar surface area (TPSA) is 87.3 Å². The second-order valence-electron chi connectivity index (χ2n) is 3.64. The third-order valence-corrected chi connectivity index (χ3v) is 2.55. The Morgan fingerprint density at radius 2 is 1.94 bits per heavy atom. The van der Waals surface area contributed by atoms with Crippen molar-refractivity contribution in [3.63, 3.8) is 0 Å². The van der Waals surface area contributed by atoms with Crippen molar-refractivity contribution in [2.24, 2.45) is 7.05 Å². The van der Waals surface area contributed by atoms with Crippen LogP contribution in [0, 0.1) is 0 Å². The number of rotatable bonds is 5. The molecule has 2 aromatic heterocycles. The van der Waals surface area contributed by atoms with E-state index in [2.05, 4.69) is 15.1 Å². The maximum absolute atomic E-state index is 9.01. The molecular formula is C10H15N5O2. The molecule has 0 aliphatic heterocycles. The molecule has 92 valence electrons. The van der Waals surface area contributed by atoms with E-state index in [1.54, 1.807) is 10.9 Å². The summed E-state index contributed by atoms with van der Waals surface area (Å²) in [4.78, 5) is 10.1. The first kappa shape index (κ1) is 11.7. The van der Waals surface area contributed by atoms with Gasteiger partial charge in [0.2, 0.25) is 0 Å². The standard InChI is InChI=1S/C10H15N5O2/c1-14-9-8(6-13-14)10(12-7-11-9)15(2-4-16)3-5-17/h6-7,16-17H,2-5H2,1H3. The van der Waals surface area contributed by atoms with E-state index in [-0.39, 0.29) is 13.2 Å². The smallest absolute Gasteiger partial charge is 0.163 e. The Morgan fingerprint density at radius 1 is 1.24 bits per heavy atom. The second-order valence-corrected chi connectivity index (χ2v) is 3.64. The lowest BCUT2D eigenvalue weighted by molar-refractivity contribution is 0.281. The van der Waals surface area contributed by atoms with Crippen molar-refractivity contribution in [1.29, 1.82) is 0 Å². The highest BCUT2D eigenvalue weighted by Gasteiger charge is 2.13. The Hall–Kier alpha value is -1.73. The molecule has 0 amide bonds. The zero-order chi connectivity index (χ0) is 12.3. The molecule has 0 fully saturated rings. The number of aliphatic hydroxyl groups is 2. The lowest BCUT2D eigenvalue weighted by atomic mass is 10.3. The number of aliphatic hydroxyl groups excluding tert-OH is 2. The fourth-order valence-corrected chi connectivity index (χ4v) is 1.77. The average molecular weight is 237 g/mol. The van der Waals surface area contributed by atoms with Gasteiger partial charge in [-0.1, -0.05) is 0 Å². The molecule has 0 unspecified atom stereocenters. The van der Waals surface area contributed by atoms with Gasteiger partial charge < -0.3 is 15.1 Å². The second kappa shape index (κ2) is 5.07. The van der Waals surface area contributed by atoms with Crippen molar-refractivity contribution in [2.75, 3.05) is 31.2 Å². The Labute approximate surface area is 98.3 Å². The minimum Gasteiger partial charge on any atom is -0.395 e. The molecule has 17 heavy (non-hydrogen) atoms. The average Bonchev–Trinajstić information content (AvgIpc) is 2.71. The number of hydrogen-bond donors (Lipinski definition) is 2. The lowest BCUT2D eigenvalue weighted by Gasteiger charge is -2.21. The van der Waals surface area contributed by atoms with Crippen LogP contribution in [-0.2, 0) is 7.05 Å². The Bertz CT molecular complexity index is 492. The van der Waals surface area contributed by atoms with Gasteiger partial charge in [0.05, 0.1) is 24.8 Å². The summed E-state index contributed by atoms with van der Waals surface area (Å²) in [5, 5.41) is 23.0. The number of anilines is 1. The van der Waals surface area contributed by atoms with E-state index in [1.807, 2.05) is 11.9 Å². The number of hydrogen-bond acceptors (Lipinski definition) is 6. The minimum atomic E-state index is 0.00571. The van der Waals surface area contributed by atoms with E-state index >= 15 is 0 Å². The SMILES string of the molecule is Cn1ncc2c(N(CCO)CCO)ncnc21. The van der Waals surface area contributed by atoms with Gasteiger partial charge >= 0.3 is 0 Å². The van der Waals surface area contributed by atoms with E-state index in [9.17, 15) is 0 Å². The van der Waals surface area contributed by atoms with Gasteiger partial charge in [-0.3, -0.25) is 4.68 Å². The molecule has 2 rings (SSSR count). The van der Waals surface area contributed by atoms with Crippen LogP contribution in [0.5, 0.6) is 0 Å². The van der Waals surface area contributed by atoms with Crippen LogP contribution < -0.4 is 4.90 Å². The first-order valence-corrected chi connectivity index (χ1v) is 5.37. The van der Waals surface area contributed by atoms with Gasteiger partial charge in [0.25, 0.3) is 0 Å². The molecule has 0 aliphatic carbocycles. The van der Waals surface area contributed by atoms with Crippen LogP contribution in [0.3, 0.4) is 0 Å². The third-order valence-electron chi connectivity index (χ3n) is 2.55. The molecule has 0 aromatic carbocycles. The van der Waals surface area contributed by atoms with Crippen molar-refractivity contribution in [3.8, 4) is 0 Å². The lowest BCUT2D eigenvalue weighted by Crippen LogP contribution is -2.30. The monoisotopic (exact) mass is 237 g/mol. The van der Waals surface area contributed by atoms with Gasteiger partial charge in [-0.2, -0.15) is 5.10 Å². The Balaban J connectivity index is 2.44. The van der Waals surface area contributed by atoms with Crippen LogP contribution in [0.15, 0.2) is 12.5 Å². The molecule has 0 saturated carbocycles. The summed E-state index contributed by atoms with van der Waals surface area (Å²) in [5.74, 6) is 0.686. The highest BCUT2D eigenvalue weighted by Crippen LogP contribution is 2.21. The molecule has 2 aromatic rings. The van der Waals surface area contributed by atoms with E-state index in [1.165, 1.54) is 6.33 Å². The van der Waals surface area contributed by atoms with Gasteiger partial charge in [-0.25, -0.2) is 9.97 Å². The van der Waals surface area contributed by atoms with Gasteiger partial charge in [-0.05, 0) is 0 Å². The Kier molecular flexibility index (Phi) is 3.50. The van der Waals surface area contributed by atoms with Gasteiger partial charge in [0.15, 0.2) is 5.65 Å². The van der Waals surface area contributed by atoms with Crippen LogP contribution in [0.4, 0.5) is 5.82 Å². The number of aryl methyl sites for hydroxylation is 1. The van der Waals surface area contributed by atoms with E-state index in [0.29, 0.717) is 18.9 Å². The fourth-order valence-electron chi connectivity index (χ4n) is 1.77. The normalized spacial score (nSPS) is 11.0. The first-order valence-electron chi connectivity index (χ1n) is 5.37. The molecule has 2 heterocycles. The molecule has 0 saturated heterocycles. The van der Waals surface area contributed by atoms with Crippen LogP contribution in [0.2, 0.25) is 0 Å². The van der Waals surface area contributed by atoms with E-state index in [0.717, 1.165) is 11.0 Å². The molecule has 0 radical (unpaired) electrons. The van der Waals surface area contributed by atoms with Crippen molar-refractivity contribution in [2.45, 2.75) is 0 Å². The maximum atomic E-state index is 9.01. The molecule has 7 nitrogen and oxygen atoms in total. The van der Waals surface area contributed by atoms with Crippen molar-refractivity contribution >= 4 is 16.9 Å². The number of nitrogens with zero attached hydrogens (tertiary/aromatic N) is 5. The molecule has 0 bridgehead atoms. The number of fused-ring (bicyclic) bond motifs is 1. The summed E-state index contributed by atoms with van der Waals surface area (Å²) in [7, 11) is 1.81. The zero-order valence-corrected chi connectivity index (χ0v) is 9.61. The van der Waals surface area contributed by atoms with Gasteiger partial charge in [-0.15, -0.1) is 0 Å². The fraction of sp³-hybridized carbons (Fsp3) is 0.500. The zero-order valence-electron chi connectivity index (χ0n) is 9.61. The van der Waals surface area contributed by atoms with Crippen molar-refractivity contribution < 1.29 is 10.2 Å². The van der Waals surface area contributed by atoms with E-state index < -0.39 is 0 Å². The molecule has 0 aliphatic rings. The summed E-state index contributed by atoms with van der Waals surface area (Å²) < 4.78 is 1.66. The highest BCUT2D eigenvalue weighted by atomic mass is 16.3. The molecular weight excluding hydrogens is 222 g/mol. The molecule has 2 N–H and O–H groups in total. The number of aromatic nitrogens is 4. The third kappa shape index (κ3) is 2.20. The highest BCUT2D eigenvalue weighted by molar-refractivity contribution is 5.86. The van der Waals surface area contributed by atoms with E-state index in [4.69, 9.17) is 10.2 Å². The van der Waals surface area contributed by atoms with Crippen molar-refractivity contribution in [3.05, 3.63) is 12.5 Å². The molecule has 7 heteroatoms. The minimum absolute atomic E-state index is 0.00571. The maximum Gasteiger partial charge on any atom is 0.163 e. The molecule has 0 atom stereocenters. The largest absolute Gasteiger partial charge is 0.395 e. The summed E-state index contributed by atoms with van der Waals surface area (Å²) in [6.07, 6.45) is 3.15. The van der Waals surface area contributed by atoms with Crippen molar-refractivity contribution in [1.82, 2.24) is 19.7 Å². The molecule has 0 spiro atoms. The summed E-state index contributed by atoms with van der Waals surface area (Å²) in [5.41, 5.74) is 0.732. The van der Waals surface area contributed by atoms with Crippen LogP contribution >= 0.6 is 0 Å². The quantitative estimate of drug-likeness (QED) is 0.704.